The van der Waals surface area contributed by atoms with Crippen molar-refractivity contribution in [2.75, 3.05) is 13.1 Å². The lowest BCUT2D eigenvalue weighted by Gasteiger charge is -2.45. The Bertz CT molecular complexity index is 494. The van der Waals surface area contributed by atoms with Gasteiger partial charge in [-0.05, 0) is 56.7 Å². The highest BCUT2D eigenvalue weighted by Gasteiger charge is 2.40. The zero-order chi connectivity index (χ0) is 14.3. The number of hydrogen-bond acceptors (Lipinski definition) is 2. The molecule has 1 aliphatic carbocycles. The first-order valence-corrected chi connectivity index (χ1v) is 8.06. The Morgan fingerprint density at radius 1 is 1.35 bits per heavy atom. The number of rotatable bonds is 3. The molecule has 2 aliphatic rings. The Morgan fingerprint density at radius 2 is 2.10 bits per heavy atom. The van der Waals surface area contributed by atoms with Gasteiger partial charge in [-0.3, -0.25) is 4.90 Å². The van der Waals surface area contributed by atoms with Gasteiger partial charge in [-0.2, -0.15) is 0 Å². The van der Waals surface area contributed by atoms with E-state index >= 15 is 0 Å². The number of nitrogens with one attached hydrogen (secondary N) is 1. The maximum Gasteiger partial charge on any atom is 0.0453 e. The number of hydrogen-bond donors (Lipinski definition) is 1. The molecule has 1 saturated heterocycles. The van der Waals surface area contributed by atoms with Crippen molar-refractivity contribution in [2.45, 2.75) is 51.7 Å². The van der Waals surface area contributed by atoms with Crippen molar-refractivity contribution in [3.63, 3.8) is 0 Å². The maximum atomic E-state index is 6.42. The first-order valence-electron chi connectivity index (χ1n) is 7.69. The van der Waals surface area contributed by atoms with Gasteiger partial charge in [0.1, 0.15) is 0 Å². The Hall–Kier alpha value is -0.570. The van der Waals surface area contributed by atoms with E-state index in [-0.39, 0.29) is 5.54 Å². The molecule has 1 heterocycles. The molecule has 1 saturated carbocycles. The molecule has 2 fully saturated rings. The Morgan fingerprint density at radius 3 is 2.75 bits per heavy atom. The number of benzene rings is 1. The number of nitrogens with zero attached hydrogens (tertiary/aromatic N) is 1. The van der Waals surface area contributed by atoms with Crippen molar-refractivity contribution in [3.05, 3.63) is 34.3 Å². The minimum absolute atomic E-state index is 0.197. The average Bonchev–Trinajstić information content (AvgIpc) is 3.16. The topological polar surface area (TPSA) is 15.3 Å². The van der Waals surface area contributed by atoms with Crippen molar-refractivity contribution >= 4 is 11.6 Å². The lowest BCUT2D eigenvalue weighted by Crippen LogP contribution is -2.61. The predicted molar refractivity (Wildman–Crippen MR) is 85.2 cm³/mol. The second-order valence-corrected chi connectivity index (χ2v) is 7.58. The van der Waals surface area contributed by atoms with Crippen molar-refractivity contribution in [3.8, 4) is 0 Å². The average molecular weight is 293 g/mol. The summed E-state index contributed by atoms with van der Waals surface area (Å²) in [7, 11) is 0. The number of halogens is 1. The Kier molecular flexibility index (Phi) is 3.83. The molecule has 1 unspecified atom stereocenters. The van der Waals surface area contributed by atoms with Gasteiger partial charge in [0.05, 0.1) is 0 Å². The Balaban J connectivity index is 1.78. The molecule has 3 rings (SSSR count). The quantitative estimate of drug-likeness (QED) is 0.915. The summed E-state index contributed by atoms with van der Waals surface area (Å²) in [5.41, 5.74) is 2.70. The molecule has 0 amide bonds. The van der Waals surface area contributed by atoms with Gasteiger partial charge >= 0.3 is 0 Å². The molecule has 1 aliphatic heterocycles. The lowest BCUT2D eigenvalue weighted by atomic mass is 9.96. The van der Waals surface area contributed by atoms with E-state index in [1.807, 2.05) is 0 Å². The fourth-order valence-electron chi connectivity index (χ4n) is 3.31. The van der Waals surface area contributed by atoms with Crippen LogP contribution in [0.4, 0.5) is 0 Å². The highest BCUT2D eigenvalue weighted by molar-refractivity contribution is 6.31. The van der Waals surface area contributed by atoms with Crippen LogP contribution in [0.15, 0.2) is 18.2 Å². The predicted octanol–water partition coefficient (Wildman–Crippen LogP) is 3.61. The van der Waals surface area contributed by atoms with E-state index < -0.39 is 0 Å². The summed E-state index contributed by atoms with van der Waals surface area (Å²) >= 11 is 6.42. The van der Waals surface area contributed by atoms with Crippen molar-refractivity contribution in [2.24, 2.45) is 5.92 Å². The largest absolute Gasteiger partial charge is 0.309 e. The molecule has 3 heteroatoms. The van der Waals surface area contributed by atoms with Crippen LogP contribution in [0.25, 0.3) is 0 Å². The summed E-state index contributed by atoms with van der Waals surface area (Å²) in [5, 5.41) is 4.61. The third-order valence-corrected chi connectivity index (χ3v) is 4.96. The number of aryl methyl sites for hydroxylation is 1. The zero-order valence-corrected chi connectivity index (χ0v) is 13.5. The molecular formula is C17H25ClN2. The van der Waals surface area contributed by atoms with E-state index in [9.17, 15) is 0 Å². The minimum Gasteiger partial charge on any atom is -0.309 e. The van der Waals surface area contributed by atoms with Crippen LogP contribution >= 0.6 is 11.6 Å². The van der Waals surface area contributed by atoms with Crippen molar-refractivity contribution < 1.29 is 0 Å². The van der Waals surface area contributed by atoms with Gasteiger partial charge in [0.2, 0.25) is 0 Å². The van der Waals surface area contributed by atoms with Crippen LogP contribution in [0.3, 0.4) is 0 Å². The molecule has 0 aromatic heterocycles. The van der Waals surface area contributed by atoms with Crippen LogP contribution in [0.2, 0.25) is 5.02 Å². The van der Waals surface area contributed by atoms with Gasteiger partial charge in [-0.15, -0.1) is 0 Å². The monoisotopic (exact) mass is 292 g/mol. The molecule has 20 heavy (non-hydrogen) atoms. The van der Waals surface area contributed by atoms with E-state index in [1.165, 1.54) is 24.0 Å². The van der Waals surface area contributed by atoms with Gasteiger partial charge < -0.3 is 5.32 Å². The van der Waals surface area contributed by atoms with E-state index in [0.717, 1.165) is 30.6 Å². The summed E-state index contributed by atoms with van der Waals surface area (Å²) in [6.45, 7) is 9.86. The van der Waals surface area contributed by atoms with Crippen molar-refractivity contribution in [1.29, 1.82) is 0 Å². The lowest BCUT2D eigenvalue weighted by molar-refractivity contribution is 0.0760. The standard InChI is InChI=1S/C17H25ClN2/c1-12-4-5-14(15(18)8-12)10-20-11-17(2,3)19-9-16(20)13-6-7-13/h4-5,8,13,16,19H,6-7,9-11H2,1-3H3. The van der Waals surface area contributed by atoms with Crippen LogP contribution < -0.4 is 5.32 Å². The first-order chi connectivity index (χ1) is 9.44. The van der Waals surface area contributed by atoms with Gasteiger partial charge in [-0.1, -0.05) is 23.7 Å². The normalized spacial score (nSPS) is 26.7. The van der Waals surface area contributed by atoms with Crippen LogP contribution in [0, 0.1) is 12.8 Å². The van der Waals surface area contributed by atoms with Gasteiger partial charge in [0.25, 0.3) is 0 Å². The van der Waals surface area contributed by atoms with Gasteiger partial charge in [-0.25, -0.2) is 0 Å². The van der Waals surface area contributed by atoms with Crippen LogP contribution in [-0.4, -0.2) is 29.6 Å². The molecular weight excluding hydrogens is 268 g/mol. The third-order valence-electron chi connectivity index (χ3n) is 4.61. The number of piperazine rings is 1. The molecule has 1 atom stereocenters. The smallest absolute Gasteiger partial charge is 0.0453 e. The minimum atomic E-state index is 0.197. The molecule has 110 valence electrons. The highest BCUT2D eigenvalue weighted by Crippen LogP contribution is 2.38. The van der Waals surface area contributed by atoms with E-state index in [1.54, 1.807) is 0 Å². The SMILES string of the molecule is Cc1ccc(CN2CC(C)(C)NCC2C2CC2)c(Cl)c1. The van der Waals surface area contributed by atoms with Gasteiger partial charge in [0.15, 0.2) is 0 Å². The highest BCUT2D eigenvalue weighted by atomic mass is 35.5. The Labute approximate surface area is 127 Å². The van der Waals surface area contributed by atoms with Crippen LogP contribution in [0.1, 0.15) is 37.8 Å². The molecule has 1 N–H and O–H groups in total. The molecule has 0 spiro atoms. The summed E-state index contributed by atoms with van der Waals surface area (Å²) < 4.78 is 0. The fraction of sp³-hybridized carbons (Fsp3) is 0.647. The first kappa shape index (κ1) is 14.4. The molecule has 1 aromatic rings. The molecule has 1 aromatic carbocycles. The summed E-state index contributed by atoms with van der Waals surface area (Å²) in [6.07, 6.45) is 2.79. The van der Waals surface area contributed by atoms with Gasteiger partial charge in [0, 0.05) is 36.2 Å². The summed E-state index contributed by atoms with van der Waals surface area (Å²) in [5.74, 6) is 0.892. The van der Waals surface area contributed by atoms with E-state index in [4.69, 9.17) is 11.6 Å². The zero-order valence-electron chi connectivity index (χ0n) is 12.7. The summed E-state index contributed by atoms with van der Waals surface area (Å²) in [6, 6.07) is 7.12. The molecule has 2 nitrogen and oxygen atoms in total. The third kappa shape index (κ3) is 3.19. The van der Waals surface area contributed by atoms with E-state index in [0.29, 0.717) is 6.04 Å². The van der Waals surface area contributed by atoms with Crippen LogP contribution in [-0.2, 0) is 6.54 Å². The second-order valence-electron chi connectivity index (χ2n) is 7.17. The second kappa shape index (κ2) is 5.32. The fourth-order valence-corrected chi connectivity index (χ4v) is 3.60. The maximum absolute atomic E-state index is 6.42. The van der Waals surface area contributed by atoms with E-state index in [2.05, 4.69) is 49.2 Å². The molecule has 0 radical (unpaired) electrons. The molecule has 0 bridgehead atoms. The van der Waals surface area contributed by atoms with Crippen LogP contribution in [0.5, 0.6) is 0 Å². The van der Waals surface area contributed by atoms with Crippen molar-refractivity contribution in [1.82, 2.24) is 10.2 Å². The summed E-state index contributed by atoms with van der Waals surface area (Å²) in [4.78, 5) is 2.64.